The zero-order valence-corrected chi connectivity index (χ0v) is 14.5. The van der Waals surface area contributed by atoms with Gasteiger partial charge in [0.25, 0.3) is 0 Å². The average molecular weight is 352 g/mol. The summed E-state index contributed by atoms with van der Waals surface area (Å²) < 4.78 is 0. The fourth-order valence-corrected chi connectivity index (χ4v) is 2.88. The number of pyridine rings is 1. The van der Waals surface area contributed by atoms with Gasteiger partial charge in [-0.3, -0.25) is 19.4 Å². The van der Waals surface area contributed by atoms with E-state index in [2.05, 4.69) is 15.6 Å². The molecule has 2 N–H and O–H groups in total. The fourth-order valence-electron chi connectivity index (χ4n) is 2.88. The minimum absolute atomic E-state index is 0.110. The molecule has 2 aromatic rings. The van der Waals surface area contributed by atoms with Gasteiger partial charge in [0, 0.05) is 30.5 Å². The van der Waals surface area contributed by atoms with Gasteiger partial charge < -0.3 is 15.5 Å². The summed E-state index contributed by atoms with van der Waals surface area (Å²) in [6.07, 6.45) is 3.04. The van der Waals surface area contributed by atoms with Gasteiger partial charge in [0.1, 0.15) is 0 Å². The maximum atomic E-state index is 12.0. The highest BCUT2D eigenvalue weighted by Gasteiger charge is 2.23. The molecule has 1 aliphatic heterocycles. The maximum Gasteiger partial charge on any atom is 0.313 e. The summed E-state index contributed by atoms with van der Waals surface area (Å²) in [5.41, 5.74) is 2.89. The third-order valence-corrected chi connectivity index (χ3v) is 4.18. The van der Waals surface area contributed by atoms with Crippen LogP contribution in [0.5, 0.6) is 0 Å². The fraction of sp³-hybridized carbons (Fsp3) is 0.263. The number of anilines is 2. The lowest BCUT2D eigenvalue weighted by Gasteiger charge is -2.19. The molecule has 134 valence electrons. The zero-order chi connectivity index (χ0) is 18.5. The predicted molar refractivity (Wildman–Crippen MR) is 97.5 cm³/mol. The average Bonchev–Trinajstić information content (AvgIpc) is 3.06. The molecular weight excluding hydrogens is 332 g/mol. The number of amides is 3. The van der Waals surface area contributed by atoms with E-state index in [0.29, 0.717) is 24.3 Å². The van der Waals surface area contributed by atoms with Gasteiger partial charge in [-0.1, -0.05) is 6.07 Å². The van der Waals surface area contributed by atoms with Crippen molar-refractivity contribution in [2.45, 2.75) is 26.3 Å². The number of carbonyl (C=O) groups is 3. The molecule has 0 atom stereocenters. The highest BCUT2D eigenvalue weighted by molar-refractivity contribution is 6.39. The van der Waals surface area contributed by atoms with Crippen LogP contribution in [0.2, 0.25) is 0 Å². The Morgan fingerprint density at radius 2 is 2.04 bits per heavy atom. The lowest BCUT2D eigenvalue weighted by Crippen LogP contribution is -2.35. The topological polar surface area (TPSA) is 91.4 Å². The van der Waals surface area contributed by atoms with E-state index in [0.717, 1.165) is 17.7 Å². The lowest BCUT2D eigenvalue weighted by atomic mass is 10.1. The molecule has 1 saturated heterocycles. The van der Waals surface area contributed by atoms with Crippen LogP contribution < -0.4 is 15.5 Å². The molecule has 3 amide bonds. The maximum absolute atomic E-state index is 12.0. The van der Waals surface area contributed by atoms with Crippen LogP contribution in [0.15, 0.2) is 42.6 Å². The number of aryl methyl sites for hydroxylation is 1. The Morgan fingerprint density at radius 1 is 1.19 bits per heavy atom. The van der Waals surface area contributed by atoms with Gasteiger partial charge in [0.05, 0.1) is 12.2 Å². The third-order valence-electron chi connectivity index (χ3n) is 4.18. The van der Waals surface area contributed by atoms with Crippen LogP contribution in [-0.2, 0) is 20.9 Å². The third kappa shape index (κ3) is 4.05. The normalized spacial score (nSPS) is 13.6. The quantitative estimate of drug-likeness (QED) is 0.821. The van der Waals surface area contributed by atoms with Crippen molar-refractivity contribution < 1.29 is 14.4 Å². The highest BCUT2D eigenvalue weighted by atomic mass is 16.2. The molecule has 7 heteroatoms. The molecule has 0 saturated carbocycles. The van der Waals surface area contributed by atoms with Crippen molar-refractivity contribution in [3.63, 3.8) is 0 Å². The summed E-state index contributed by atoms with van der Waals surface area (Å²) in [5.74, 6) is -1.36. The first kappa shape index (κ1) is 17.6. The summed E-state index contributed by atoms with van der Waals surface area (Å²) in [7, 11) is 0. The van der Waals surface area contributed by atoms with E-state index in [-0.39, 0.29) is 12.5 Å². The van der Waals surface area contributed by atoms with Crippen molar-refractivity contribution in [2.75, 3.05) is 16.8 Å². The van der Waals surface area contributed by atoms with E-state index in [9.17, 15) is 14.4 Å². The van der Waals surface area contributed by atoms with E-state index >= 15 is 0 Å². The number of nitrogens with one attached hydrogen (secondary N) is 2. The first-order valence-electron chi connectivity index (χ1n) is 8.44. The van der Waals surface area contributed by atoms with Gasteiger partial charge >= 0.3 is 11.8 Å². The van der Waals surface area contributed by atoms with Crippen LogP contribution in [0.1, 0.15) is 24.1 Å². The van der Waals surface area contributed by atoms with Crippen LogP contribution >= 0.6 is 0 Å². The molecule has 0 radical (unpaired) electrons. The Hall–Kier alpha value is -3.22. The number of rotatable bonds is 4. The van der Waals surface area contributed by atoms with Crippen molar-refractivity contribution in [2.24, 2.45) is 0 Å². The summed E-state index contributed by atoms with van der Waals surface area (Å²) >= 11 is 0. The number of carbonyl (C=O) groups excluding carboxylic acids is 3. The number of aromatic nitrogens is 1. The molecule has 1 aromatic heterocycles. The predicted octanol–water partition coefficient (Wildman–Crippen LogP) is 1.77. The molecule has 26 heavy (non-hydrogen) atoms. The van der Waals surface area contributed by atoms with Crippen LogP contribution in [0.4, 0.5) is 11.4 Å². The van der Waals surface area contributed by atoms with E-state index in [1.165, 1.54) is 0 Å². The molecule has 2 heterocycles. The van der Waals surface area contributed by atoms with Crippen molar-refractivity contribution in [3.05, 3.63) is 53.9 Å². The second-order valence-electron chi connectivity index (χ2n) is 6.11. The van der Waals surface area contributed by atoms with Gasteiger partial charge in [0.15, 0.2) is 0 Å². The number of nitrogens with zero attached hydrogens (tertiary/aromatic N) is 2. The number of hydrogen-bond acceptors (Lipinski definition) is 4. The number of hydrogen-bond donors (Lipinski definition) is 2. The smallest absolute Gasteiger partial charge is 0.313 e. The van der Waals surface area contributed by atoms with E-state index < -0.39 is 11.8 Å². The Labute approximate surface area is 151 Å². The molecule has 1 aromatic carbocycles. The Balaban J connectivity index is 1.59. The minimum atomic E-state index is -0.745. The largest absolute Gasteiger partial charge is 0.342 e. The van der Waals surface area contributed by atoms with Crippen molar-refractivity contribution >= 4 is 29.1 Å². The van der Waals surface area contributed by atoms with Crippen LogP contribution in [0.25, 0.3) is 0 Å². The second-order valence-corrected chi connectivity index (χ2v) is 6.11. The van der Waals surface area contributed by atoms with E-state index in [4.69, 9.17) is 0 Å². The number of benzene rings is 1. The first-order valence-corrected chi connectivity index (χ1v) is 8.44. The molecule has 1 fully saturated rings. The minimum Gasteiger partial charge on any atom is -0.342 e. The summed E-state index contributed by atoms with van der Waals surface area (Å²) in [6.45, 7) is 2.77. The molecule has 0 aliphatic carbocycles. The molecule has 1 aliphatic rings. The highest BCUT2D eigenvalue weighted by Crippen LogP contribution is 2.27. The Kier molecular flexibility index (Phi) is 5.26. The summed E-state index contributed by atoms with van der Waals surface area (Å²) in [6, 6.07) is 10.6. The summed E-state index contributed by atoms with van der Waals surface area (Å²) in [4.78, 5) is 41.6. The molecule has 0 spiro atoms. The Morgan fingerprint density at radius 3 is 2.69 bits per heavy atom. The van der Waals surface area contributed by atoms with E-state index in [1.807, 2.05) is 13.0 Å². The molecule has 3 rings (SSSR count). The van der Waals surface area contributed by atoms with Crippen molar-refractivity contribution in [3.8, 4) is 0 Å². The molecular formula is C19H20N4O3. The van der Waals surface area contributed by atoms with E-state index in [1.54, 1.807) is 41.4 Å². The standard InChI is InChI=1S/C19H20N4O3/c1-13-11-14(7-8-16(13)23-10-4-6-17(23)24)22-19(26)18(25)21-12-15-5-2-3-9-20-15/h2-3,5,7-9,11H,4,6,10,12H2,1H3,(H,21,25)(H,22,26). The SMILES string of the molecule is Cc1cc(NC(=O)C(=O)NCc2ccccn2)ccc1N1CCCC1=O. The van der Waals surface area contributed by atoms with Gasteiger partial charge in [-0.25, -0.2) is 0 Å². The summed E-state index contributed by atoms with van der Waals surface area (Å²) in [5, 5.41) is 5.10. The molecule has 7 nitrogen and oxygen atoms in total. The second kappa shape index (κ2) is 7.77. The molecule has 0 unspecified atom stereocenters. The Bertz CT molecular complexity index is 836. The van der Waals surface area contributed by atoms with Gasteiger partial charge in [-0.15, -0.1) is 0 Å². The molecule has 0 bridgehead atoms. The lowest BCUT2D eigenvalue weighted by molar-refractivity contribution is -0.136. The van der Waals surface area contributed by atoms with Gasteiger partial charge in [-0.05, 0) is 49.2 Å². The van der Waals surface area contributed by atoms with Crippen LogP contribution in [0, 0.1) is 6.92 Å². The monoisotopic (exact) mass is 352 g/mol. The van der Waals surface area contributed by atoms with Crippen molar-refractivity contribution in [1.29, 1.82) is 0 Å². The van der Waals surface area contributed by atoms with Gasteiger partial charge in [-0.2, -0.15) is 0 Å². The van der Waals surface area contributed by atoms with Crippen LogP contribution in [0.3, 0.4) is 0 Å². The van der Waals surface area contributed by atoms with Crippen LogP contribution in [-0.4, -0.2) is 29.3 Å². The first-order chi connectivity index (χ1) is 12.5. The zero-order valence-electron chi connectivity index (χ0n) is 14.5. The van der Waals surface area contributed by atoms with Gasteiger partial charge in [0.2, 0.25) is 5.91 Å². The van der Waals surface area contributed by atoms with Crippen molar-refractivity contribution in [1.82, 2.24) is 10.3 Å².